The van der Waals surface area contributed by atoms with Gasteiger partial charge in [0.05, 0.1) is 4.90 Å². The zero-order chi connectivity index (χ0) is 15.2. The highest BCUT2D eigenvalue weighted by molar-refractivity contribution is 7.89. The van der Waals surface area contributed by atoms with Crippen molar-refractivity contribution >= 4 is 10.0 Å². The molecule has 1 atom stereocenters. The fourth-order valence-electron chi connectivity index (χ4n) is 2.22. The molecule has 0 radical (unpaired) electrons. The van der Waals surface area contributed by atoms with Crippen LogP contribution in [0.15, 0.2) is 29.2 Å². The molecule has 0 heterocycles. The van der Waals surface area contributed by atoms with Crippen LogP contribution in [0.5, 0.6) is 0 Å². The van der Waals surface area contributed by atoms with E-state index in [-0.39, 0.29) is 6.04 Å². The van der Waals surface area contributed by atoms with Gasteiger partial charge in [-0.1, -0.05) is 32.0 Å². The van der Waals surface area contributed by atoms with E-state index in [0.717, 1.165) is 24.9 Å². The molecule has 2 N–H and O–H groups in total. The second kappa shape index (κ2) is 7.76. The van der Waals surface area contributed by atoms with E-state index >= 15 is 0 Å². The molecule has 1 aromatic carbocycles. The van der Waals surface area contributed by atoms with Gasteiger partial charge in [-0.2, -0.15) is 0 Å². The van der Waals surface area contributed by atoms with Gasteiger partial charge in [0.1, 0.15) is 0 Å². The summed E-state index contributed by atoms with van der Waals surface area (Å²) in [5.74, 6) is 0. The van der Waals surface area contributed by atoms with E-state index in [2.05, 4.69) is 23.9 Å². The maximum absolute atomic E-state index is 12.4. The molecule has 0 bridgehead atoms. The van der Waals surface area contributed by atoms with Gasteiger partial charge in [-0.25, -0.2) is 13.1 Å². The van der Waals surface area contributed by atoms with Crippen LogP contribution in [0.3, 0.4) is 0 Å². The fourth-order valence-corrected chi connectivity index (χ4v) is 3.73. The first-order valence-corrected chi connectivity index (χ1v) is 8.72. The van der Waals surface area contributed by atoms with E-state index in [9.17, 15) is 8.42 Å². The molecule has 0 saturated heterocycles. The van der Waals surface area contributed by atoms with Crippen LogP contribution in [0.1, 0.15) is 39.7 Å². The van der Waals surface area contributed by atoms with E-state index in [1.54, 1.807) is 12.1 Å². The first-order chi connectivity index (χ1) is 9.40. The topological polar surface area (TPSA) is 58.2 Å². The highest BCUT2D eigenvalue weighted by Gasteiger charge is 2.20. The molecule has 0 aliphatic carbocycles. The van der Waals surface area contributed by atoms with E-state index in [0.29, 0.717) is 10.9 Å². The van der Waals surface area contributed by atoms with Crippen LogP contribution in [-0.2, 0) is 16.4 Å². The maximum atomic E-state index is 12.4. The Morgan fingerprint density at radius 3 is 2.35 bits per heavy atom. The molecular weight excluding hydrogens is 272 g/mol. The van der Waals surface area contributed by atoms with E-state index < -0.39 is 10.0 Å². The summed E-state index contributed by atoms with van der Waals surface area (Å²) in [6.45, 7) is 8.71. The van der Waals surface area contributed by atoms with Crippen LogP contribution >= 0.6 is 0 Å². The van der Waals surface area contributed by atoms with Gasteiger partial charge in [-0.05, 0) is 44.9 Å². The molecule has 0 aliphatic heterocycles. The van der Waals surface area contributed by atoms with Crippen molar-refractivity contribution in [2.45, 2.75) is 57.5 Å². The van der Waals surface area contributed by atoms with Crippen molar-refractivity contribution in [2.75, 3.05) is 6.54 Å². The summed E-state index contributed by atoms with van der Waals surface area (Å²) in [5.41, 5.74) is 0.869. The molecule has 0 spiro atoms. The Bertz CT molecular complexity index is 512. The molecule has 0 saturated carbocycles. The van der Waals surface area contributed by atoms with Crippen molar-refractivity contribution in [1.82, 2.24) is 10.0 Å². The molecule has 1 aromatic rings. The number of benzene rings is 1. The maximum Gasteiger partial charge on any atom is 0.241 e. The summed E-state index contributed by atoms with van der Waals surface area (Å²) >= 11 is 0. The summed E-state index contributed by atoms with van der Waals surface area (Å²) in [4.78, 5) is 0.394. The molecule has 4 nitrogen and oxygen atoms in total. The summed E-state index contributed by atoms with van der Waals surface area (Å²) < 4.78 is 27.4. The number of likely N-dealkylation sites (N-methyl/N-ethyl adjacent to an activating group) is 1. The SMILES string of the molecule is CCNC(CC)Cc1ccccc1S(=O)(=O)NC(C)C. The highest BCUT2D eigenvalue weighted by atomic mass is 32.2. The second-order valence-electron chi connectivity index (χ2n) is 5.25. The van der Waals surface area contributed by atoms with Gasteiger partial charge in [0, 0.05) is 12.1 Å². The molecule has 114 valence electrons. The lowest BCUT2D eigenvalue weighted by Crippen LogP contribution is -2.33. The van der Waals surface area contributed by atoms with Gasteiger partial charge in [0.25, 0.3) is 0 Å². The van der Waals surface area contributed by atoms with Crippen molar-refractivity contribution in [2.24, 2.45) is 0 Å². The highest BCUT2D eigenvalue weighted by Crippen LogP contribution is 2.18. The van der Waals surface area contributed by atoms with Gasteiger partial charge in [0.15, 0.2) is 0 Å². The van der Waals surface area contributed by atoms with Crippen molar-refractivity contribution < 1.29 is 8.42 Å². The van der Waals surface area contributed by atoms with Crippen LogP contribution in [0, 0.1) is 0 Å². The molecule has 20 heavy (non-hydrogen) atoms. The monoisotopic (exact) mass is 298 g/mol. The van der Waals surface area contributed by atoms with Crippen LogP contribution in [0.2, 0.25) is 0 Å². The molecule has 0 aromatic heterocycles. The third-order valence-corrected chi connectivity index (χ3v) is 4.86. The average molecular weight is 298 g/mol. The Labute approximate surface area is 123 Å². The van der Waals surface area contributed by atoms with Gasteiger partial charge >= 0.3 is 0 Å². The minimum Gasteiger partial charge on any atom is -0.314 e. The number of hydrogen-bond acceptors (Lipinski definition) is 3. The van der Waals surface area contributed by atoms with Crippen molar-refractivity contribution in [3.8, 4) is 0 Å². The van der Waals surface area contributed by atoms with Crippen LogP contribution < -0.4 is 10.0 Å². The third kappa shape index (κ3) is 4.89. The Kier molecular flexibility index (Phi) is 6.65. The predicted octanol–water partition coefficient (Wildman–Crippen LogP) is 2.30. The van der Waals surface area contributed by atoms with Crippen molar-refractivity contribution in [3.63, 3.8) is 0 Å². The number of nitrogens with one attached hydrogen (secondary N) is 2. The fraction of sp³-hybridized carbons (Fsp3) is 0.600. The van der Waals surface area contributed by atoms with E-state index in [4.69, 9.17) is 0 Å². The van der Waals surface area contributed by atoms with Crippen LogP contribution in [-0.4, -0.2) is 27.0 Å². The Morgan fingerprint density at radius 2 is 1.80 bits per heavy atom. The largest absolute Gasteiger partial charge is 0.314 e. The van der Waals surface area contributed by atoms with Crippen molar-refractivity contribution in [1.29, 1.82) is 0 Å². The number of hydrogen-bond donors (Lipinski definition) is 2. The van der Waals surface area contributed by atoms with Crippen molar-refractivity contribution in [3.05, 3.63) is 29.8 Å². The first kappa shape index (κ1) is 17.1. The molecule has 0 aliphatic rings. The van der Waals surface area contributed by atoms with Gasteiger partial charge in [-0.15, -0.1) is 0 Å². The van der Waals surface area contributed by atoms with Gasteiger partial charge < -0.3 is 5.32 Å². The van der Waals surface area contributed by atoms with E-state index in [1.165, 1.54) is 0 Å². The Hall–Kier alpha value is -0.910. The second-order valence-corrected chi connectivity index (χ2v) is 6.93. The summed E-state index contributed by atoms with van der Waals surface area (Å²) in [6.07, 6.45) is 1.69. The Morgan fingerprint density at radius 1 is 1.15 bits per heavy atom. The molecule has 1 rings (SSSR count). The zero-order valence-electron chi connectivity index (χ0n) is 12.8. The quantitative estimate of drug-likeness (QED) is 0.774. The average Bonchev–Trinajstić information content (AvgIpc) is 2.37. The number of sulfonamides is 1. The molecule has 0 fully saturated rings. The molecular formula is C15H26N2O2S. The third-order valence-electron chi connectivity index (χ3n) is 3.10. The molecule has 0 amide bonds. The summed E-state index contributed by atoms with van der Waals surface area (Å²) in [6, 6.07) is 7.43. The van der Waals surface area contributed by atoms with Crippen LogP contribution in [0.25, 0.3) is 0 Å². The van der Waals surface area contributed by atoms with E-state index in [1.807, 2.05) is 26.0 Å². The lowest BCUT2D eigenvalue weighted by molar-refractivity contribution is 0.505. The smallest absolute Gasteiger partial charge is 0.241 e. The molecule has 1 unspecified atom stereocenters. The predicted molar refractivity (Wildman–Crippen MR) is 83.4 cm³/mol. The van der Waals surface area contributed by atoms with Crippen LogP contribution in [0.4, 0.5) is 0 Å². The Balaban J connectivity index is 3.04. The standard InChI is InChI=1S/C15H26N2O2S/c1-5-14(16-6-2)11-13-9-7-8-10-15(13)20(18,19)17-12(3)4/h7-10,12,14,16-17H,5-6,11H2,1-4H3. The molecule has 5 heteroatoms. The lowest BCUT2D eigenvalue weighted by atomic mass is 10.0. The van der Waals surface area contributed by atoms with Gasteiger partial charge in [-0.3, -0.25) is 0 Å². The first-order valence-electron chi connectivity index (χ1n) is 7.24. The lowest BCUT2D eigenvalue weighted by Gasteiger charge is -2.19. The number of rotatable bonds is 8. The minimum atomic E-state index is -3.44. The zero-order valence-corrected chi connectivity index (χ0v) is 13.6. The normalized spacial score (nSPS) is 13.7. The minimum absolute atomic E-state index is 0.108. The summed E-state index contributed by atoms with van der Waals surface area (Å²) in [7, 11) is -3.44. The summed E-state index contributed by atoms with van der Waals surface area (Å²) in [5, 5.41) is 3.38. The van der Waals surface area contributed by atoms with Gasteiger partial charge in [0.2, 0.25) is 10.0 Å².